The third-order valence-corrected chi connectivity index (χ3v) is 7.37. The van der Waals surface area contributed by atoms with E-state index in [0.717, 1.165) is 49.8 Å². The number of aryl methyl sites for hydroxylation is 1. The minimum Gasteiger partial charge on any atom is -0.342 e. The number of carbonyl (C=O) groups excluding carboxylic acids is 2. The van der Waals surface area contributed by atoms with Gasteiger partial charge in [0.15, 0.2) is 5.84 Å². The highest BCUT2D eigenvalue weighted by Crippen LogP contribution is 2.33. The number of aromatic nitrogens is 1. The van der Waals surface area contributed by atoms with Crippen molar-refractivity contribution in [3.63, 3.8) is 0 Å². The number of hydrazone groups is 1. The van der Waals surface area contributed by atoms with Gasteiger partial charge in [-0.25, -0.2) is 0 Å². The normalized spacial score (nSPS) is 19.0. The van der Waals surface area contributed by atoms with E-state index in [2.05, 4.69) is 10.1 Å². The molecular weight excluding hydrogens is 505 g/mol. The molecule has 2 amide bonds. The predicted molar refractivity (Wildman–Crippen MR) is 136 cm³/mol. The van der Waals surface area contributed by atoms with E-state index in [1.54, 1.807) is 35.4 Å². The van der Waals surface area contributed by atoms with Crippen molar-refractivity contribution >= 4 is 45.7 Å². The van der Waals surface area contributed by atoms with Crippen LogP contribution in [0.25, 0.3) is 11.8 Å². The number of aliphatic imine (C=N–C) groups is 1. The number of fused-ring (bicyclic) bond motifs is 1. The van der Waals surface area contributed by atoms with E-state index < -0.39 is 17.6 Å². The molecule has 3 aliphatic heterocycles. The number of alkyl halides is 3. The second kappa shape index (κ2) is 9.33. The van der Waals surface area contributed by atoms with Gasteiger partial charge in [0.2, 0.25) is 11.1 Å². The van der Waals surface area contributed by atoms with Crippen molar-refractivity contribution in [2.45, 2.75) is 39.3 Å². The summed E-state index contributed by atoms with van der Waals surface area (Å²) in [6.45, 7) is 4.94. The van der Waals surface area contributed by atoms with Crippen LogP contribution in [0, 0.1) is 19.3 Å². The summed E-state index contributed by atoms with van der Waals surface area (Å²) >= 11 is 1.10. The van der Waals surface area contributed by atoms with Crippen LogP contribution in [-0.2, 0) is 15.8 Å². The van der Waals surface area contributed by atoms with Crippen LogP contribution in [0.2, 0.25) is 0 Å². The van der Waals surface area contributed by atoms with E-state index in [1.807, 2.05) is 0 Å². The van der Waals surface area contributed by atoms with E-state index in [-0.39, 0.29) is 28.9 Å². The van der Waals surface area contributed by atoms with Gasteiger partial charge in [0, 0.05) is 30.2 Å². The minimum absolute atomic E-state index is 0.00418. The van der Waals surface area contributed by atoms with Crippen molar-refractivity contribution in [2.24, 2.45) is 10.1 Å². The number of hydrogen-bond acceptors (Lipinski definition) is 5. The number of rotatable bonds is 4. The quantitative estimate of drug-likeness (QED) is 0.580. The fourth-order valence-corrected chi connectivity index (χ4v) is 5.49. The Kier molecular flexibility index (Phi) is 6.30. The third kappa shape index (κ3) is 4.73. The number of amides is 2. The standard InChI is InChI=1S/C25H23F3N6O2S/c1-14-10-16(15(2)33(14)18-7-5-6-17(12-18)25(26,27)28)11-19-22(29)34-24(30-23(19)36)37-20(31-34)13-21(35)32-8-3-4-9-32/h5-7,10-12,29H,3-4,8-9,13H2,1-2H3/b19-11-,29-22?. The topological polar surface area (TPSA) is 94.1 Å². The van der Waals surface area contributed by atoms with Gasteiger partial charge in [-0.15, -0.1) is 0 Å². The average molecular weight is 529 g/mol. The highest BCUT2D eigenvalue weighted by Gasteiger charge is 2.37. The van der Waals surface area contributed by atoms with Crippen LogP contribution in [0.1, 0.15) is 41.8 Å². The summed E-state index contributed by atoms with van der Waals surface area (Å²) < 4.78 is 41.4. The number of thioether (sulfide) groups is 1. The van der Waals surface area contributed by atoms with Crippen molar-refractivity contribution < 1.29 is 22.8 Å². The number of nitrogens with zero attached hydrogens (tertiary/aromatic N) is 5. The SMILES string of the molecule is Cc1cc(/C=C2/C(=N)N3N=C(CC(=O)N4CCCC4)SC3=NC2=O)c(C)n1-c1cccc(C(F)(F)F)c1. The third-order valence-electron chi connectivity index (χ3n) is 6.46. The van der Waals surface area contributed by atoms with Crippen molar-refractivity contribution in [3.8, 4) is 5.69 Å². The van der Waals surface area contributed by atoms with Crippen molar-refractivity contribution in [1.29, 1.82) is 5.41 Å². The smallest absolute Gasteiger partial charge is 0.342 e. The number of hydrogen-bond donors (Lipinski definition) is 1. The second-order valence-corrected chi connectivity index (χ2v) is 10.0. The van der Waals surface area contributed by atoms with Crippen LogP contribution in [-0.4, -0.2) is 55.4 Å². The monoisotopic (exact) mass is 528 g/mol. The summed E-state index contributed by atoms with van der Waals surface area (Å²) in [6, 6.07) is 6.76. The highest BCUT2D eigenvalue weighted by atomic mass is 32.2. The lowest BCUT2D eigenvalue weighted by molar-refractivity contribution is -0.137. The van der Waals surface area contributed by atoms with E-state index in [1.165, 1.54) is 17.2 Å². The first-order chi connectivity index (χ1) is 17.5. The lowest BCUT2D eigenvalue weighted by Crippen LogP contribution is -2.35. The molecule has 12 heteroatoms. The molecule has 8 nitrogen and oxygen atoms in total. The zero-order valence-electron chi connectivity index (χ0n) is 20.1. The first kappa shape index (κ1) is 25.0. The molecule has 2 aromatic rings. The summed E-state index contributed by atoms with van der Waals surface area (Å²) in [4.78, 5) is 31.2. The zero-order valence-corrected chi connectivity index (χ0v) is 20.9. The molecule has 1 N–H and O–H groups in total. The first-order valence-corrected chi connectivity index (χ1v) is 12.5. The summed E-state index contributed by atoms with van der Waals surface area (Å²) in [5.74, 6) is -0.829. The number of carbonyl (C=O) groups is 2. The maximum absolute atomic E-state index is 13.2. The molecule has 3 aliphatic rings. The predicted octanol–water partition coefficient (Wildman–Crippen LogP) is 4.74. The second-order valence-electron chi connectivity index (χ2n) is 8.99. The number of benzene rings is 1. The molecule has 0 spiro atoms. The summed E-state index contributed by atoms with van der Waals surface area (Å²) in [6.07, 6.45) is -0.928. The first-order valence-electron chi connectivity index (χ1n) is 11.7. The van der Waals surface area contributed by atoms with Gasteiger partial charge in [-0.05, 0) is 74.4 Å². The van der Waals surface area contributed by atoms with E-state index in [9.17, 15) is 22.8 Å². The van der Waals surface area contributed by atoms with Crippen LogP contribution in [0.3, 0.4) is 0 Å². The molecule has 0 saturated carbocycles. The molecule has 192 valence electrons. The van der Waals surface area contributed by atoms with Gasteiger partial charge in [-0.3, -0.25) is 15.0 Å². The van der Waals surface area contributed by atoms with E-state index in [0.29, 0.717) is 27.7 Å². The van der Waals surface area contributed by atoms with Crippen LogP contribution in [0.4, 0.5) is 13.2 Å². The lowest BCUT2D eigenvalue weighted by Gasteiger charge is -2.20. The van der Waals surface area contributed by atoms with Gasteiger partial charge in [-0.1, -0.05) is 6.07 Å². The van der Waals surface area contributed by atoms with Crippen molar-refractivity contribution in [2.75, 3.05) is 13.1 Å². The lowest BCUT2D eigenvalue weighted by atomic mass is 10.1. The molecule has 1 saturated heterocycles. The fourth-order valence-electron chi connectivity index (χ4n) is 4.62. The Morgan fingerprint density at radius 3 is 2.62 bits per heavy atom. The number of likely N-dealkylation sites (tertiary alicyclic amines) is 1. The molecule has 0 radical (unpaired) electrons. The van der Waals surface area contributed by atoms with Crippen LogP contribution < -0.4 is 0 Å². The Morgan fingerprint density at radius 2 is 1.92 bits per heavy atom. The Hall–Kier alpha value is -3.67. The van der Waals surface area contributed by atoms with Gasteiger partial charge in [-0.2, -0.15) is 28.3 Å². The van der Waals surface area contributed by atoms with Gasteiger partial charge in [0.05, 0.1) is 17.6 Å². The molecule has 37 heavy (non-hydrogen) atoms. The Morgan fingerprint density at radius 1 is 1.19 bits per heavy atom. The molecule has 1 fully saturated rings. The molecule has 5 rings (SSSR count). The highest BCUT2D eigenvalue weighted by molar-refractivity contribution is 8.27. The minimum atomic E-state index is -4.47. The van der Waals surface area contributed by atoms with Gasteiger partial charge >= 0.3 is 6.18 Å². The average Bonchev–Trinajstić information content (AvgIpc) is 3.56. The summed E-state index contributed by atoms with van der Waals surface area (Å²) in [5, 5.41) is 14.9. The van der Waals surface area contributed by atoms with E-state index >= 15 is 0 Å². The number of amidine groups is 2. The summed E-state index contributed by atoms with van der Waals surface area (Å²) in [7, 11) is 0. The molecule has 0 bridgehead atoms. The Bertz CT molecular complexity index is 1420. The maximum atomic E-state index is 13.2. The number of halogens is 3. The molecule has 1 aromatic carbocycles. The molecule has 0 atom stereocenters. The van der Waals surface area contributed by atoms with Crippen molar-refractivity contribution in [3.05, 3.63) is 58.4 Å². The fraction of sp³-hybridized carbons (Fsp3) is 0.320. The largest absolute Gasteiger partial charge is 0.416 e. The van der Waals surface area contributed by atoms with Gasteiger partial charge in [0.25, 0.3) is 5.91 Å². The number of nitrogens with one attached hydrogen (secondary N) is 1. The molecular formula is C25H23F3N6O2S. The van der Waals surface area contributed by atoms with Crippen LogP contribution in [0.5, 0.6) is 0 Å². The molecule has 1 aromatic heterocycles. The van der Waals surface area contributed by atoms with Crippen molar-refractivity contribution in [1.82, 2.24) is 14.5 Å². The van der Waals surface area contributed by atoms with E-state index in [4.69, 9.17) is 5.41 Å². The Balaban J connectivity index is 1.42. The molecule has 4 heterocycles. The van der Waals surface area contributed by atoms with Gasteiger partial charge < -0.3 is 9.47 Å². The Labute approximate surface area is 215 Å². The molecule has 0 aliphatic carbocycles. The summed E-state index contributed by atoms with van der Waals surface area (Å²) in [5.41, 5.74) is 1.43. The maximum Gasteiger partial charge on any atom is 0.416 e. The van der Waals surface area contributed by atoms with Gasteiger partial charge in [0.1, 0.15) is 5.04 Å². The zero-order chi connectivity index (χ0) is 26.5. The molecule has 0 unspecified atom stereocenters. The van der Waals surface area contributed by atoms with Crippen LogP contribution in [0.15, 0.2) is 46.0 Å². The van der Waals surface area contributed by atoms with Crippen LogP contribution >= 0.6 is 11.8 Å².